The van der Waals surface area contributed by atoms with Crippen LogP contribution < -0.4 is 0 Å². The van der Waals surface area contributed by atoms with E-state index in [9.17, 15) is 13.2 Å². The second kappa shape index (κ2) is 6.88. The van der Waals surface area contributed by atoms with E-state index in [1.165, 1.54) is 6.33 Å². The molecule has 1 aromatic heterocycles. The van der Waals surface area contributed by atoms with Crippen LogP contribution in [-0.4, -0.2) is 21.3 Å². The van der Waals surface area contributed by atoms with Gasteiger partial charge in [-0.25, -0.2) is 18.2 Å². The Kier molecular flexibility index (Phi) is 4.66. The van der Waals surface area contributed by atoms with Crippen molar-refractivity contribution in [3.8, 4) is 22.5 Å². The number of benzene rings is 2. The normalized spacial score (nSPS) is 11.0. The number of hydrogen-bond acceptors (Lipinski definition) is 2. The van der Waals surface area contributed by atoms with E-state index < -0.39 is 17.5 Å². The second-order valence-electron chi connectivity index (χ2n) is 5.32. The number of nitrogens with zero attached hydrogens (tertiary/aromatic N) is 2. The standard InChI is InChI=1S/C18H15F3N2O/c19-14-10-16(21)15(20)9-13(14)18-17(12-5-2-1-3-6-12)22-11-23(18)7-4-8-24/h1-3,5-6,9-11,24H,4,7-8H2. The molecule has 124 valence electrons. The minimum Gasteiger partial charge on any atom is -0.396 e. The van der Waals surface area contributed by atoms with Crippen LogP contribution in [0.25, 0.3) is 22.5 Å². The van der Waals surface area contributed by atoms with Gasteiger partial charge in [0.15, 0.2) is 11.6 Å². The molecule has 0 saturated heterocycles. The minimum absolute atomic E-state index is 0.0431. The van der Waals surface area contributed by atoms with E-state index in [0.29, 0.717) is 30.4 Å². The van der Waals surface area contributed by atoms with Crippen LogP contribution >= 0.6 is 0 Å². The molecule has 1 heterocycles. The quantitative estimate of drug-likeness (QED) is 0.717. The minimum atomic E-state index is -1.24. The summed E-state index contributed by atoms with van der Waals surface area (Å²) in [6.45, 7) is 0.336. The first-order chi connectivity index (χ1) is 11.6. The molecule has 0 spiro atoms. The molecular weight excluding hydrogens is 317 g/mol. The van der Waals surface area contributed by atoms with Gasteiger partial charge in [-0.05, 0) is 12.5 Å². The third kappa shape index (κ3) is 3.05. The monoisotopic (exact) mass is 332 g/mol. The SMILES string of the molecule is OCCCn1cnc(-c2ccccc2)c1-c1cc(F)c(F)cc1F. The molecule has 3 aromatic rings. The van der Waals surface area contributed by atoms with Gasteiger partial charge < -0.3 is 9.67 Å². The van der Waals surface area contributed by atoms with Crippen LogP contribution in [0.3, 0.4) is 0 Å². The van der Waals surface area contributed by atoms with Crippen LogP contribution in [0.2, 0.25) is 0 Å². The van der Waals surface area contributed by atoms with Crippen LogP contribution in [0.15, 0.2) is 48.8 Å². The fourth-order valence-corrected chi connectivity index (χ4v) is 2.59. The molecule has 0 atom stereocenters. The lowest BCUT2D eigenvalue weighted by molar-refractivity contribution is 0.280. The largest absolute Gasteiger partial charge is 0.396 e. The predicted octanol–water partition coefficient (Wildman–Crippen LogP) is 4.02. The summed E-state index contributed by atoms with van der Waals surface area (Å²) in [7, 11) is 0. The molecule has 0 aliphatic rings. The molecule has 0 fully saturated rings. The van der Waals surface area contributed by atoms with Crippen LogP contribution in [0.5, 0.6) is 0 Å². The first-order valence-corrected chi connectivity index (χ1v) is 7.48. The number of rotatable bonds is 5. The van der Waals surface area contributed by atoms with Gasteiger partial charge in [0, 0.05) is 30.3 Å². The molecule has 0 aliphatic heterocycles. The first kappa shape index (κ1) is 16.3. The molecule has 3 rings (SSSR count). The highest BCUT2D eigenvalue weighted by molar-refractivity contribution is 5.79. The number of imidazole rings is 1. The van der Waals surface area contributed by atoms with E-state index in [-0.39, 0.29) is 12.2 Å². The Morgan fingerprint density at radius 1 is 0.958 bits per heavy atom. The van der Waals surface area contributed by atoms with Gasteiger partial charge in [0.2, 0.25) is 0 Å². The summed E-state index contributed by atoms with van der Waals surface area (Å²) in [5, 5.41) is 9.03. The van der Waals surface area contributed by atoms with Crippen molar-refractivity contribution < 1.29 is 18.3 Å². The van der Waals surface area contributed by atoms with Gasteiger partial charge in [-0.1, -0.05) is 30.3 Å². The Balaban J connectivity index is 2.20. The van der Waals surface area contributed by atoms with Crippen LogP contribution in [0.1, 0.15) is 6.42 Å². The van der Waals surface area contributed by atoms with Gasteiger partial charge in [0.1, 0.15) is 5.82 Å². The fourth-order valence-electron chi connectivity index (χ4n) is 2.59. The molecule has 0 bridgehead atoms. The molecule has 0 radical (unpaired) electrons. The molecule has 0 saturated carbocycles. The fraction of sp³-hybridized carbons (Fsp3) is 0.167. The van der Waals surface area contributed by atoms with E-state index in [4.69, 9.17) is 5.11 Å². The van der Waals surface area contributed by atoms with Gasteiger partial charge in [-0.3, -0.25) is 0 Å². The van der Waals surface area contributed by atoms with Crippen LogP contribution in [0.4, 0.5) is 13.2 Å². The topological polar surface area (TPSA) is 38.0 Å². The van der Waals surface area contributed by atoms with Crippen molar-refractivity contribution in [2.24, 2.45) is 0 Å². The Morgan fingerprint density at radius 3 is 2.38 bits per heavy atom. The Bertz CT molecular complexity index is 847. The number of aromatic nitrogens is 2. The summed E-state index contributed by atoms with van der Waals surface area (Å²) in [6.07, 6.45) is 1.94. The highest BCUT2D eigenvalue weighted by Crippen LogP contribution is 2.33. The lowest BCUT2D eigenvalue weighted by atomic mass is 10.0. The lowest BCUT2D eigenvalue weighted by Crippen LogP contribution is -2.03. The number of hydrogen-bond donors (Lipinski definition) is 1. The van der Waals surface area contributed by atoms with E-state index in [1.54, 1.807) is 16.7 Å². The maximum absolute atomic E-state index is 14.3. The maximum Gasteiger partial charge on any atom is 0.161 e. The molecule has 24 heavy (non-hydrogen) atoms. The van der Waals surface area contributed by atoms with Gasteiger partial charge in [0.25, 0.3) is 0 Å². The molecular formula is C18H15F3N2O. The average Bonchev–Trinajstić information content (AvgIpc) is 3.00. The number of halogens is 3. The second-order valence-corrected chi connectivity index (χ2v) is 5.32. The molecule has 1 N–H and O–H groups in total. The molecule has 0 aliphatic carbocycles. The molecule has 3 nitrogen and oxygen atoms in total. The summed E-state index contributed by atoms with van der Waals surface area (Å²) in [5.41, 5.74) is 1.49. The van der Waals surface area contributed by atoms with Gasteiger partial charge in [-0.15, -0.1) is 0 Å². The Hall–Kier alpha value is -2.60. The van der Waals surface area contributed by atoms with Crippen molar-refractivity contribution >= 4 is 0 Å². The van der Waals surface area contributed by atoms with Crippen molar-refractivity contribution in [2.45, 2.75) is 13.0 Å². The summed E-state index contributed by atoms with van der Waals surface area (Å²) < 4.78 is 42.8. The third-order valence-corrected chi connectivity index (χ3v) is 3.71. The number of aliphatic hydroxyl groups is 1. The zero-order valence-corrected chi connectivity index (χ0v) is 12.7. The van der Waals surface area contributed by atoms with Crippen molar-refractivity contribution in [3.63, 3.8) is 0 Å². The number of aryl methyl sites for hydroxylation is 1. The Morgan fingerprint density at radius 2 is 1.67 bits per heavy atom. The summed E-state index contributed by atoms with van der Waals surface area (Å²) in [4.78, 5) is 4.31. The van der Waals surface area contributed by atoms with Crippen molar-refractivity contribution in [1.82, 2.24) is 9.55 Å². The molecule has 0 amide bonds. The van der Waals surface area contributed by atoms with Crippen molar-refractivity contribution in [1.29, 1.82) is 0 Å². The van der Waals surface area contributed by atoms with Crippen LogP contribution in [0, 0.1) is 17.5 Å². The van der Waals surface area contributed by atoms with Gasteiger partial charge in [-0.2, -0.15) is 0 Å². The molecule has 6 heteroatoms. The highest BCUT2D eigenvalue weighted by atomic mass is 19.2. The average molecular weight is 332 g/mol. The zero-order chi connectivity index (χ0) is 17.1. The van der Waals surface area contributed by atoms with E-state index >= 15 is 0 Å². The van der Waals surface area contributed by atoms with E-state index in [0.717, 1.165) is 11.6 Å². The van der Waals surface area contributed by atoms with E-state index in [1.807, 2.05) is 18.2 Å². The predicted molar refractivity (Wildman–Crippen MR) is 84.7 cm³/mol. The Labute approximate surface area is 137 Å². The smallest absolute Gasteiger partial charge is 0.161 e. The lowest BCUT2D eigenvalue weighted by Gasteiger charge is -2.11. The molecule has 0 unspecified atom stereocenters. The maximum atomic E-state index is 14.3. The van der Waals surface area contributed by atoms with Crippen LogP contribution in [-0.2, 0) is 6.54 Å². The summed E-state index contributed by atoms with van der Waals surface area (Å²) in [6, 6.07) is 10.4. The zero-order valence-electron chi connectivity index (χ0n) is 12.7. The number of aliphatic hydroxyl groups excluding tert-OH is 1. The molecule has 2 aromatic carbocycles. The van der Waals surface area contributed by atoms with E-state index in [2.05, 4.69) is 4.98 Å². The summed E-state index contributed by atoms with van der Waals surface area (Å²) >= 11 is 0. The highest BCUT2D eigenvalue weighted by Gasteiger charge is 2.20. The summed E-state index contributed by atoms with van der Waals surface area (Å²) in [5.74, 6) is -3.23. The van der Waals surface area contributed by atoms with Gasteiger partial charge in [0.05, 0.1) is 17.7 Å². The third-order valence-electron chi connectivity index (χ3n) is 3.71. The first-order valence-electron chi connectivity index (χ1n) is 7.48. The van der Waals surface area contributed by atoms with Crippen molar-refractivity contribution in [3.05, 3.63) is 66.2 Å². The van der Waals surface area contributed by atoms with Crippen molar-refractivity contribution in [2.75, 3.05) is 6.61 Å². The van der Waals surface area contributed by atoms with Gasteiger partial charge >= 0.3 is 0 Å².